The van der Waals surface area contributed by atoms with E-state index in [2.05, 4.69) is 43.2 Å². The molecule has 0 spiro atoms. The van der Waals surface area contributed by atoms with Gasteiger partial charge in [0.15, 0.2) is 0 Å². The summed E-state index contributed by atoms with van der Waals surface area (Å²) in [7, 11) is 0. The molecule has 1 heterocycles. The van der Waals surface area contributed by atoms with Crippen molar-refractivity contribution in [2.75, 3.05) is 12.3 Å². The van der Waals surface area contributed by atoms with Gasteiger partial charge in [-0.2, -0.15) is 0 Å². The van der Waals surface area contributed by atoms with Crippen molar-refractivity contribution in [3.05, 3.63) is 23.4 Å². The first-order chi connectivity index (χ1) is 9.13. The Morgan fingerprint density at radius 2 is 1.95 bits per heavy atom. The number of hydrogen-bond acceptors (Lipinski definition) is 3. The third kappa shape index (κ3) is 5.15. The van der Waals surface area contributed by atoms with Gasteiger partial charge in [-0.1, -0.05) is 6.92 Å². The van der Waals surface area contributed by atoms with E-state index in [1.165, 1.54) is 31.2 Å². The van der Waals surface area contributed by atoms with Crippen LogP contribution in [-0.4, -0.2) is 23.3 Å². The average molecular weight is 278 g/mol. The smallest absolute Gasteiger partial charge is 0.0966 e. The van der Waals surface area contributed by atoms with Crippen LogP contribution in [0.2, 0.25) is 0 Å². The lowest BCUT2D eigenvalue weighted by molar-refractivity contribution is 0.312. The molecule has 1 aromatic heterocycles. The van der Waals surface area contributed by atoms with Crippen LogP contribution in [0.15, 0.2) is 17.2 Å². The summed E-state index contributed by atoms with van der Waals surface area (Å²) in [5.74, 6) is 2.05. The molecule has 106 valence electrons. The molecule has 0 radical (unpaired) electrons. The maximum Gasteiger partial charge on any atom is 0.0966 e. The maximum absolute atomic E-state index is 4.56. The highest BCUT2D eigenvalue weighted by molar-refractivity contribution is 7.99. The van der Waals surface area contributed by atoms with Crippen LogP contribution in [0.3, 0.4) is 0 Å². The summed E-state index contributed by atoms with van der Waals surface area (Å²) in [6, 6.07) is 5.06. The van der Waals surface area contributed by atoms with Crippen LogP contribution in [0, 0.1) is 19.8 Å². The van der Waals surface area contributed by atoms with E-state index >= 15 is 0 Å². The lowest BCUT2D eigenvalue weighted by Crippen LogP contribution is -2.34. The van der Waals surface area contributed by atoms with Gasteiger partial charge in [-0.15, -0.1) is 11.8 Å². The minimum absolute atomic E-state index is 0.754. The molecule has 0 unspecified atom stereocenters. The van der Waals surface area contributed by atoms with E-state index in [1.807, 2.05) is 11.8 Å². The molecule has 1 aliphatic rings. The summed E-state index contributed by atoms with van der Waals surface area (Å²) < 4.78 is 0. The number of hydrogen-bond donors (Lipinski definition) is 1. The van der Waals surface area contributed by atoms with E-state index in [0.717, 1.165) is 35.0 Å². The summed E-state index contributed by atoms with van der Waals surface area (Å²) in [6.07, 6.45) is 5.49. The van der Waals surface area contributed by atoms with Gasteiger partial charge in [-0.25, -0.2) is 4.98 Å². The van der Waals surface area contributed by atoms with Gasteiger partial charge >= 0.3 is 0 Å². The van der Waals surface area contributed by atoms with Crippen molar-refractivity contribution >= 4 is 11.8 Å². The lowest BCUT2D eigenvalue weighted by atomic mass is 9.87. The molecule has 0 aromatic carbocycles. The van der Waals surface area contributed by atoms with Crippen molar-refractivity contribution < 1.29 is 0 Å². The second-order valence-corrected chi connectivity index (χ2v) is 7.00. The molecule has 0 bridgehead atoms. The summed E-state index contributed by atoms with van der Waals surface area (Å²) in [6.45, 7) is 7.68. The molecule has 2 rings (SSSR count). The highest BCUT2D eigenvalue weighted by Crippen LogP contribution is 2.23. The van der Waals surface area contributed by atoms with Crippen LogP contribution >= 0.6 is 11.8 Å². The molecule has 0 amide bonds. The highest BCUT2D eigenvalue weighted by atomic mass is 32.2. The van der Waals surface area contributed by atoms with Gasteiger partial charge in [-0.3, -0.25) is 0 Å². The molecule has 19 heavy (non-hydrogen) atoms. The molecule has 1 aromatic rings. The standard InChI is InChI=1S/C16H26N2S/c1-12-4-6-15(7-5-12)17-8-9-19-16-11-13(2)10-14(3)18-16/h10-12,15,17H,4-9H2,1-3H3. The largest absolute Gasteiger partial charge is 0.313 e. The molecular formula is C16H26N2S. The molecule has 1 saturated carbocycles. The van der Waals surface area contributed by atoms with Crippen LogP contribution in [-0.2, 0) is 0 Å². The Balaban J connectivity index is 1.66. The topological polar surface area (TPSA) is 24.9 Å². The Kier molecular flexibility index (Phi) is 5.71. The Labute approximate surface area is 121 Å². The fourth-order valence-corrected chi connectivity index (χ4v) is 3.67. The minimum Gasteiger partial charge on any atom is -0.313 e. The number of thioether (sulfide) groups is 1. The fourth-order valence-electron chi connectivity index (χ4n) is 2.76. The van der Waals surface area contributed by atoms with Gasteiger partial charge in [0.25, 0.3) is 0 Å². The van der Waals surface area contributed by atoms with E-state index in [9.17, 15) is 0 Å². The van der Waals surface area contributed by atoms with Gasteiger partial charge in [0.2, 0.25) is 0 Å². The third-order valence-corrected chi connectivity index (χ3v) is 4.79. The number of nitrogens with one attached hydrogen (secondary N) is 1. The normalized spacial score (nSPS) is 23.5. The first-order valence-electron chi connectivity index (χ1n) is 7.45. The molecule has 0 atom stereocenters. The van der Waals surface area contributed by atoms with Crippen LogP contribution in [0.1, 0.15) is 43.9 Å². The summed E-state index contributed by atoms with van der Waals surface area (Å²) in [5, 5.41) is 4.86. The molecule has 0 aliphatic heterocycles. The Bertz CT molecular complexity index is 377. The third-order valence-electron chi connectivity index (χ3n) is 3.88. The van der Waals surface area contributed by atoms with Gasteiger partial charge in [0, 0.05) is 24.0 Å². The quantitative estimate of drug-likeness (QED) is 0.652. The van der Waals surface area contributed by atoms with E-state index in [1.54, 1.807) is 0 Å². The number of aryl methyl sites for hydroxylation is 2. The van der Waals surface area contributed by atoms with E-state index in [-0.39, 0.29) is 0 Å². The number of nitrogens with zero attached hydrogens (tertiary/aromatic N) is 1. The van der Waals surface area contributed by atoms with E-state index < -0.39 is 0 Å². The predicted molar refractivity (Wildman–Crippen MR) is 83.9 cm³/mol. The Hall–Kier alpha value is -0.540. The fraction of sp³-hybridized carbons (Fsp3) is 0.688. The molecule has 1 fully saturated rings. The monoisotopic (exact) mass is 278 g/mol. The second-order valence-electron chi connectivity index (χ2n) is 5.88. The SMILES string of the molecule is Cc1cc(C)nc(SCCNC2CCC(C)CC2)c1. The molecular weight excluding hydrogens is 252 g/mol. The summed E-state index contributed by atoms with van der Waals surface area (Å²) in [5.41, 5.74) is 2.43. The maximum atomic E-state index is 4.56. The van der Waals surface area contributed by atoms with Gasteiger partial charge in [0.05, 0.1) is 5.03 Å². The van der Waals surface area contributed by atoms with Crippen LogP contribution in [0.4, 0.5) is 0 Å². The number of rotatable bonds is 5. The van der Waals surface area contributed by atoms with Gasteiger partial charge in [-0.05, 0) is 63.1 Å². The second kappa shape index (κ2) is 7.30. The van der Waals surface area contributed by atoms with Crippen LogP contribution in [0.25, 0.3) is 0 Å². The minimum atomic E-state index is 0.754. The van der Waals surface area contributed by atoms with E-state index in [4.69, 9.17) is 0 Å². The number of aromatic nitrogens is 1. The van der Waals surface area contributed by atoms with Crippen molar-refractivity contribution in [3.8, 4) is 0 Å². The van der Waals surface area contributed by atoms with Crippen LogP contribution < -0.4 is 5.32 Å². The number of pyridine rings is 1. The molecule has 2 nitrogen and oxygen atoms in total. The highest BCUT2D eigenvalue weighted by Gasteiger charge is 2.17. The van der Waals surface area contributed by atoms with Gasteiger partial charge in [0.1, 0.15) is 0 Å². The molecule has 1 N–H and O–H groups in total. The lowest BCUT2D eigenvalue weighted by Gasteiger charge is -2.26. The molecule has 3 heteroatoms. The zero-order chi connectivity index (χ0) is 13.7. The Morgan fingerprint density at radius 1 is 1.21 bits per heavy atom. The zero-order valence-corrected chi connectivity index (χ0v) is 13.2. The Morgan fingerprint density at radius 3 is 2.63 bits per heavy atom. The molecule has 0 saturated heterocycles. The average Bonchev–Trinajstić information content (AvgIpc) is 2.36. The van der Waals surface area contributed by atoms with Crippen molar-refractivity contribution in [1.82, 2.24) is 10.3 Å². The predicted octanol–water partition coefficient (Wildman–Crippen LogP) is 3.96. The van der Waals surface area contributed by atoms with Crippen molar-refractivity contribution in [1.29, 1.82) is 0 Å². The van der Waals surface area contributed by atoms with Crippen molar-refractivity contribution in [2.45, 2.75) is 57.5 Å². The first-order valence-corrected chi connectivity index (χ1v) is 8.43. The first kappa shape index (κ1) is 14.9. The van der Waals surface area contributed by atoms with Crippen molar-refractivity contribution in [3.63, 3.8) is 0 Å². The molecule has 1 aliphatic carbocycles. The summed E-state index contributed by atoms with van der Waals surface area (Å²) in [4.78, 5) is 4.56. The van der Waals surface area contributed by atoms with Gasteiger partial charge < -0.3 is 5.32 Å². The summed E-state index contributed by atoms with van der Waals surface area (Å²) >= 11 is 1.86. The zero-order valence-electron chi connectivity index (χ0n) is 12.4. The van der Waals surface area contributed by atoms with E-state index in [0.29, 0.717) is 0 Å². The van der Waals surface area contributed by atoms with Crippen LogP contribution in [0.5, 0.6) is 0 Å². The van der Waals surface area contributed by atoms with Crippen molar-refractivity contribution in [2.24, 2.45) is 5.92 Å².